The highest BCUT2D eigenvalue weighted by Crippen LogP contribution is 2.25. The largest absolute Gasteiger partial charge is 0.462 e. The number of aromatic nitrogens is 1. The van der Waals surface area contributed by atoms with Gasteiger partial charge in [0.15, 0.2) is 5.51 Å². The predicted octanol–water partition coefficient (Wildman–Crippen LogP) is 2.79. The van der Waals surface area contributed by atoms with Crippen molar-refractivity contribution in [2.45, 2.75) is 6.92 Å². The number of thiazole rings is 1. The molecule has 1 aromatic heterocycles. The van der Waals surface area contributed by atoms with Crippen molar-refractivity contribution in [3.63, 3.8) is 0 Å². The van der Waals surface area contributed by atoms with Gasteiger partial charge in [0.1, 0.15) is 4.88 Å². The molecule has 0 unspecified atom stereocenters. The summed E-state index contributed by atoms with van der Waals surface area (Å²) in [6.07, 6.45) is 0. The van der Waals surface area contributed by atoms with E-state index in [9.17, 15) is 4.79 Å². The van der Waals surface area contributed by atoms with E-state index in [1.165, 1.54) is 11.3 Å². The van der Waals surface area contributed by atoms with Crippen LogP contribution in [0.3, 0.4) is 0 Å². The van der Waals surface area contributed by atoms with E-state index >= 15 is 0 Å². The zero-order valence-corrected chi connectivity index (χ0v) is 9.58. The zero-order chi connectivity index (χ0) is 11.4. The summed E-state index contributed by atoms with van der Waals surface area (Å²) in [5.41, 5.74) is 4.28. The quantitative estimate of drug-likeness (QED) is 0.764. The van der Waals surface area contributed by atoms with Crippen molar-refractivity contribution >= 4 is 17.3 Å². The van der Waals surface area contributed by atoms with Crippen LogP contribution in [0.25, 0.3) is 11.3 Å². The molecule has 1 aromatic carbocycles. The number of nitrogens with zero attached hydrogens (tertiary/aromatic N) is 1. The van der Waals surface area contributed by atoms with Crippen molar-refractivity contribution in [2.24, 2.45) is 0 Å². The van der Waals surface area contributed by atoms with Crippen LogP contribution in [0.15, 0.2) is 30.3 Å². The van der Waals surface area contributed by atoms with Crippen LogP contribution in [0.5, 0.6) is 0 Å². The average Bonchev–Trinajstić information content (AvgIpc) is 2.79. The van der Waals surface area contributed by atoms with E-state index in [1.54, 1.807) is 6.92 Å². The van der Waals surface area contributed by atoms with Crippen molar-refractivity contribution in [1.29, 1.82) is 0 Å². The standard InChI is InChI=1S/C12H10NO2S/c1-2-15-12(14)11-10(13-8-16-11)9-6-4-3-5-7-9/h3-7H,2H2,1H3. The monoisotopic (exact) mass is 232 g/mol. The molecular weight excluding hydrogens is 222 g/mol. The topological polar surface area (TPSA) is 39.2 Å². The first kappa shape index (κ1) is 10.8. The van der Waals surface area contributed by atoms with E-state index in [0.717, 1.165) is 5.56 Å². The molecule has 0 spiro atoms. The van der Waals surface area contributed by atoms with Crippen LogP contribution in [-0.4, -0.2) is 17.6 Å². The van der Waals surface area contributed by atoms with E-state index in [0.29, 0.717) is 17.2 Å². The molecule has 2 rings (SSSR count). The van der Waals surface area contributed by atoms with Gasteiger partial charge in [-0.3, -0.25) is 0 Å². The Morgan fingerprint density at radius 3 is 2.88 bits per heavy atom. The Balaban J connectivity index is 2.37. The lowest BCUT2D eigenvalue weighted by Crippen LogP contribution is -2.03. The third kappa shape index (κ3) is 2.12. The van der Waals surface area contributed by atoms with Crippen LogP contribution in [0.4, 0.5) is 0 Å². The summed E-state index contributed by atoms with van der Waals surface area (Å²) in [5, 5.41) is 0. The van der Waals surface area contributed by atoms with Crippen molar-refractivity contribution in [3.05, 3.63) is 40.7 Å². The highest BCUT2D eigenvalue weighted by Gasteiger charge is 2.16. The number of ether oxygens (including phenoxy) is 1. The van der Waals surface area contributed by atoms with Gasteiger partial charge < -0.3 is 4.74 Å². The number of carbonyl (C=O) groups is 1. The lowest BCUT2D eigenvalue weighted by molar-refractivity contribution is 0.0532. The van der Waals surface area contributed by atoms with Gasteiger partial charge in [-0.05, 0) is 6.92 Å². The third-order valence-corrected chi connectivity index (χ3v) is 2.77. The second-order valence-electron chi connectivity index (χ2n) is 3.07. The lowest BCUT2D eigenvalue weighted by atomic mass is 10.1. The molecule has 0 aliphatic carbocycles. The molecule has 4 heteroatoms. The average molecular weight is 232 g/mol. The highest BCUT2D eigenvalue weighted by atomic mass is 32.1. The first-order valence-electron chi connectivity index (χ1n) is 4.92. The number of hydrogen-bond acceptors (Lipinski definition) is 4. The van der Waals surface area contributed by atoms with Crippen molar-refractivity contribution < 1.29 is 9.53 Å². The first-order chi connectivity index (χ1) is 7.83. The maximum Gasteiger partial charge on any atom is 0.350 e. The Hall–Kier alpha value is -1.68. The summed E-state index contributed by atoms with van der Waals surface area (Å²) >= 11 is 1.18. The third-order valence-electron chi connectivity index (χ3n) is 2.03. The molecule has 0 saturated carbocycles. The Morgan fingerprint density at radius 2 is 2.19 bits per heavy atom. The van der Waals surface area contributed by atoms with Crippen LogP contribution in [-0.2, 0) is 4.74 Å². The van der Waals surface area contributed by atoms with E-state index in [2.05, 4.69) is 10.5 Å². The minimum Gasteiger partial charge on any atom is -0.462 e. The fourth-order valence-electron chi connectivity index (χ4n) is 1.34. The molecule has 0 saturated heterocycles. The SMILES string of the molecule is CCOC(=O)c1s[c]nc1-c1ccccc1. The van der Waals surface area contributed by atoms with Crippen molar-refractivity contribution in [2.75, 3.05) is 6.61 Å². The van der Waals surface area contributed by atoms with Gasteiger partial charge in [-0.15, -0.1) is 11.3 Å². The minimum atomic E-state index is -0.333. The molecule has 2 aromatic rings. The molecule has 16 heavy (non-hydrogen) atoms. The van der Waals surface area contributed by atoms with Gasteiger partial charge in [-0.25, -0.2) is 9.78 Å². The maximum atomic E-state index is 11.6. The van der Waals surface area contributed by atoms with Gasteiger partial charge in [-0.2, -0.15) is 0 Å². The Bertz CT molecular complexity index is 479. The summed E-state index contributed by atoms with van der Waals surface area (Å²) in [7, 11) is 0. The second-order valence-corrected chi connectivity index (χ2v) is 3.86. The second kappa shape index (κ2) is 4.90. The molecular formula is C12H10NO2S. The minimum absolute atomic E-state index is 0.333. The smallest absolute Gasteiger partial charge is 0.350 e. The van der Waals surface area contributed by atoms with Gasteiger partial charge in [0.05, 0.1) is 12.3 Å². The maximum absolute atomic E-state index is 11.6. The van der Waals surface area contributed by atoms with Crippen LogP contribution in [0, 0.1) is 5.51 Å². The normalized spacial score (nSPS) is 10.1. The molecule has 0 amide bonds. The molecule has 0 N–H and O–H groups in total. The van der Waals surface area contributed by atoms with Crippen LogP contribution in [0.1, 0.15) is 16.6 Å². The first-order valence-corrected chi connectivity index (χ1v) is 5.74. The van der Waals surface area contributed by atoms with E-state index < -0.39 is 0 Å². The molecule has 0 bridgehead atoms. The van der Waals surface area contributed by atoms with Crippen molar-refractivity contribution in [1.82, 2.24) is 4.98 Å². The van der Waals surface area contributed by atoms with Gasteiger partial charge >= 0.3 is 5.97 Å². The molecule has 0 aliphatic rings. The van der Waals surface area contributed by atoms with E-state index in [4.69, 9.17) is 4.74 Å². The van der Waals surface area contributed by atoms with Gasteiger partial charge in [0.2, 0.25) is 0 Å². The predicted molar refractivity (Wildman–Crippen MR) is 62.3 cm³/mol. The zero-order valence-electron chi connectivity index (χ0n) is 8.77. The van der Waals surface area contributed by atoms with E-state index in [-0.39, 0.29) is 5.97 Å². The van der Waals surface area contributed by atoms with Crippen LogP contribution < -0.4 is 0 Å². The number of rotatable bonds is 3. The number of carbonyl (C=O) groups excluding carboxylic acids is 1. The fraction of sp³-hybridized carbons (Fsp3) is 0.167. The molecule has 0 atom stereocenters. The highest BCUT2D eigenvalue weighted by molar-refractivity contribution is 7.11. The van der Waals surface area contributed by atoms with Gasteiger partial charge in [-0.1, -0.05) is 30.3 Å². The van der Waals surface area contributed by atoms with Gasteiger partial charge in [0.25, 0.3) is 0 Å². The van der Waals surface area contributed by atoms with Crippen LogP contribution in [0.2, 0.25) is 0 Å². The Kier molecular flexibility index (Phi) is 3.31. The summed E-state index contributed by atoms with van der Waals surface area (Å²) in [6, 6.07) is 9.55. The van der Waals surface area contributed by atoms with Gasteiger partial charge in [0, 0.05) is 5.56 Å². The number of esters is 1. The summed E-state index contributed by atoms with van der Waals surface area (Å²) < 4.78 is 4.96. The van der Waals surface area contributed by atoms with Crippen molar-refractivity contribution in [3.8, 4) is 11.3 Å². The molecule has 1 heterocycles. The number of hydrogen-bond donors (Lipinski definition) is 0. The lowest BCUT2D eigenvalue weighted by Gasteiger charge is -2.01. The Labute approximate surface area is 97.7 Å². The summed E-state index contributed by atoms with van der Waals surface area (Å²) in [4.78, 5) is 16.2. The molecule has 81 valence electrons. The number of benzene rings is 1. The summed E-state index contributed by atoms with van der Waals surface area (Å²) in [6.45, 7) is 2.15. The van der Waals surface area contributed by atoms with Crippen LogP contribution >= 0.6 is 11.3 Å². The van der Waals surface area contributed by atoms with E-state index in [1.807, 2.05) is 30.3 Å². The summed E-state index contributed by atoms with van der Waals surface area (Å²) in [5.74, 6) is -0.333. The Morgan fingerprint density at radius 1 is 1.44 bits per heavy atom. The molecule has 3 nitrogen and oxygen atoms in total. The molecule has 0 aliphatic heterocycles. The fourth-order valence-corrected chi connectivity index (χ4v) is 1.97. The molecule has 1 radical (unpaired) electrons. The molecule has 0 fully saturated rings.